The second-order valence-corrected chi connectivity index (χ2v) is 4.31. The molecule has 0 spiro atoms. The van der Waals surface area contributed by atoms with Crippen molar-refractivity contribution in [2.45, 2.75) is 19.9 Å². The van der Waals surface area contributed by atoms with Crippen LogP contribution in [0.25, 0.3) is 0 Å². The molecule has 2 N–H and O–H groups in total. The Balaban J connectivity index is 2.41. The summed E-state index contributed by atoms with van der Waals surface area (Å²) in [4.78, 5) is 0. The van der Waals surface area contributed by atoms with E-state index in [1.807, 2.05) is 31.2 Å². The van der Waals surface area contributed by atoms with Crippen LogP contribution in [0.2, 0.25) is 0 Å². The van der Waals surface area contributed by atoms with Crippen molar-refractivity contribution in [3.05, 3.63) is 59.4 Å². The summed E-state index contributed by atoms with van der Waals surface area (Å²) in [5, 5.41) is 0. The van der Waals surface area contributed by atoms with Gasteiger partial charge in [0, 0.05) is 11.6 Å². The Labute approximate surface area is 106 Å². The SMILES string of the molecule is Cc1ccccc1Oc1cccc(F)c1[C@@H](C)N. The van der Waals surface area contributed by atoms with Gasteiger partial charge in [0.2, 0.25) is 0 Å². The highest BCUT2D eigenvalue weighted by molar-refractivity contribution is 5.42. The van der Waals surface area contributed by atoms with E-state index in [0.717, 1.165) is 5.56 Å². The topological polar surface area (TPSA) is 35.2 Å². The minimum atomic E-state index is -0.412. The fourth-order valence-electron chi connectivity index (χ4n) is 1.84. The van der Waals surface area contributed by atoms with Crippen molar-refractivity contribution in [2.24, 2.45) is 5.73 Å². The first-order valence-electron chi connectivity index (χ1n) is 5.87. The molecule has 18 heavy (non-hydrogen) atoms. The number of ether oxygens (including phenoxy) is 1. The molecule has 2 aromatic carbocycles. The lowest BCUT2D eigenvalue weighted by Crippen LogP contribution is -2.09. The van der Waals surface area contributed by atoms with E-state index in [1.54, 1.807) is 19.1 Å². The van der Waals surface area contributed by atoms with Gasteiger partial charge in [-0.1, -0.05) is 24.3 Å². The second kappa shape index (κ2) is 5.19. The molecule has 0 aliphatic heterocycles. The Kier molecular flexibility index (Phi) is 3.63. The van der Waals surface area contributed by atoms with Gasteiger partial charge in [0.15, 0.2) is 0 Å². The predicted octanol–water partition coefficient (Wildman–Crippen LogP) is 3.95. The Bertz CT molecular complexity index is 552. The molecule has 2 rings (SSSR count). The van der Waals surface area contributed by atoms with Crippen molar-refractivity contribution in [2.75, 3.05) is 0 Å². The van der Waals surface area contributed by atoms with Gasteiger partial charge in [0.25, 0.3) is 0 Å². The van der Waals surface area contributed by atoms with Gasteiger partial charge in [-0.25, -0.2) is 4.39 Å². The van der Waals surface area contributed by atoms with Gasteiger partial charge in [0.1, 0.15) is 17.3 Å². The average Bonchev–Trinajstić information content (AvgIpc) is 2.31. The number of halogens is 1. The molecular weight excluding hydrogens is 229 g/mol. The lowest BCUT2D eigenvalue weighted by Gasteiger charge is -2.15. The fraction of sp³-hybridized carbons (Fsp3) is 0.200. The molecule has 94 valence electrons. The Hall–Kier alpha value is -1.87. The number of nitrogens with two attached hydrogens (primary N) is 1. The molecule has 0 unspecified atom stereocenters. The average molecular weight is 245 g/mol. The summed E-state index contributed by atoms with van der Waals surface area (Å²) < 4.78 is 19.5. The summed E-state index contributed by atoms with van der Waals surface area (Å²) in [5.74, 6) is 0.848. The van der Waals surface area contributed by atoms with Crippen molar-refractivity contribution in [3.63, 3.8) is 0 Å². The molecule has 0 saturated carbocycles. The molecule has 0 bridgehead atoms. The number of hydrogen-bond acceptors (Lipinski definition) is 2. The Morgan fingerprint density at radius 2 is 1.72 bits per heavy atom. The van der Waals surface area contributed by atoms with Crippen LogP contribution in [0.1, 0.15) is 24.1 Å². The summed E-state index contributed by atoms with van der Waals surface area (Å²) in [6.45, 7) is 3.68. The molecule has 0 fully saturated rings. The fourth-order valence-corrected chi connectivity index (χ4v) is 1.84. The van der Waals surface area contributed by atoms with E-state index < -0.39 is 6.04 Å². The smallest absolute Gasteiger partial charge is 0.135 e. The van der Waals surface area contributed by atoms with Crippen LogP contribution in [0, 0.1) is 12.7 Å². The van der Waals surface area contributed by atoms with Gasteiger partial charge in [-0.2, -0.15) is 0 Å². The van der Waals surface area contributed by atoms with E-state index in [4.69, 9.17) is 10.5 Å². The largest absolute Gasteiger partial charge is 0.457 e. The van der Waals surface area contributed by atoms with E-state index >= 15 is 0 Å². The van der Waals surface area contributed by atoms with Crippen molar-refractivity contribution < 1.29 is 9.13 Å². The number of para-hydroxylation sites is 1. The molecule has 2 aromatic rings. The summed E-state index contributed by atoms with van der Waals surface area (Å²) in [6, 6.07) is 11.9. The zero-order valence-corrected chi connectivity index (χ0v) is 10.5. The maximum absolute atomic E-state index is 13.7. The van der Waals surface area contributed by atoms with Gasteiger partial charge >= 0.3 is 0 Å². The van der Waals surface area contributed by atoms with Gasteiger partial charge in [-0.15, -0.1) is 0 Å². The Morgan fingerprint density at radius 3 is 2.39 bits per heavy atom. The van der Waals surface area contributed by atoms with Crippen LogP contribution in [0.4, 0.5) is 4.39 Å². The van der Waals surface area contributed by atoms with Crippen LogP contribution >= 0.6 is 0 Å². The lowest BCUT2D eigenvalue weighted by atomic mass is 10.1. The zero-order chi connectivity index (χ0) is 13.1. The molecule has 0 radical (unpaired) electrons. The minimum absolute atomic E-state index is 0.337. The summed E-state index contributed by atoms with van der Waals surface area (Å²) in [7, 11) is 0. The van der Waals surface area contributed by atoms with Gasteiger partial charge in [-0.05, 0) is 37.6 Å². The molecular formula is C15H16FNO. The van der Waals surface area contributed by atoms with E-state index in [1.165, 1.54) is 6.07 Å². The summed E-state index contributed by atoms with van der Waals surface area (Å²) in [5.41, 5.74) is 7.19. The standard InChI is InChI=1S/C15H16FNO/c1-10-6-3-4-8-13(10)18-14-9-5-7-12(16)15(14)11(2)17/h3-9,11H,17H2,1-2H3/t11-/m1/s1. The number of hydrogen-bond donors (Lipinski definition) is 1. The van der Waals surface area contributed by atoms with Crippen molar-refractivity contribution in [1.29, 1.82) is 0 Å². The third-order valence-corrected chi connectivity index (χ3v) is 2.78. The van der Waals surface area contributed by atoms with Crippen LogP contribution in [0.15, 0.2) is 42.5 Å². The molecule has 0 saturated heterocycles. The first kappa shape index (κ1) is 12.6. The maximum atomic E-state index is 13.7. The normalized spacial score (nSPS) is 12.2. The zero-order valence-electron chi connectivity index (χ0n) is 10.5. The molecule has 3 heteroatoms. The van der Waals surface area contributed by atoms with Crippen molar-refractivity contribution in [3.8, 4) is 11.5 Å². The van der Waals surface area contributed by atoms with Crippen molar-refractivity contribution in [1.82, 2.24) is 0 Å². The highest BCUT2D eigenvalue weighted by atomic mass is 19.1. The monoisotopic (exact) mass is 245 g/mol. The quantitative estimate of drug-likeness (QED) is 0.888. The number of rotatable bonds is 3. The van der Waals surface area contributed by atoms with E-state index in [0.29, 0.717) is 17.1 Å². The molecule has 0 aliphatic carbocycles. The number of aryl methyl sites for hydroxylation is 1. The number of benzene rings is 2. The molecule has 2 nitrogen and oxygen atoms in total. The maximum Gasteiger partial charge on any atom is 0.135 e. The second-order valence-electron chi connectivity index (χ2n) is 4.31. The van der Waals surface area contributed by atoms with Crippen LogP contribution in [0.3, 0.4) is 0 Å². The first-order chi connectivity index (χ1) is 8.59. The lowest BCUT2D eigenvalue weighted by molar-refractivity contribution is 0.458. The summed E-state index contributed by atoms with van der Waals surface area (Å²) >= 11 is 0. The molecule has 0 amide bonds. The van der Waals surface area contributed by atoms with E-state index in [9.17, 15) is 4.39 Å². The molecule has 0 aromatic heterocycles. The Morgan fingerprint density at radius 1 is 1.06 bits per heavy atom. The van der Waals surface area contributed by atoms with E-state index in [-0.39, 0.29) is 5.82 Å². The minimum Gasteiger partial charge on any atom is -0.457 e. The highest BCUT2D eigenvalue weighted by Gasteiger charge is 2.14. The molecule has 1 atom stereocenters. The van der Waals surface area contributed by atoms with Gasteiger partial charge in [0.05, 0.1) is 0 Å². The van der Waals surface area contributed by atoms with Gasteiger partial charge < -0.3 is 10.5 Å². The van der Waals surface area contributed by atoms with Crippen LogP contribution in [0.5, 0.6) is 11.5 Å². The predicted molar refractivity (Wildman–Crippen MR) is 70.3 cm³/mol. The van der Waals surface area contributed by atoms with Crippen LogP contribution in [-0.2, 0) is 0 Å². The molecule has 0 heterocycles. The molecule has 0 aliphatic rings. The third kappa shape index (κ3) is 2.51. The van der Waals surface area contributed by atoms with Crippen LogP contribution in [-0.4, -0.2) is 0 Å². The summed E-state index contributed by atoms with van der Waals surface area (Å²) in [6.07, 6.45) is 0. The third-order valence-electron chi connectivity index (χ3n) is 2.78. The first-order valence-corrected chi connectivity index (χ1v) is 5.87. The van der Waals surface area contributed by atoms with E-state index in [2.05, 4.69) is 0 Å². The van der Waals surface area contributed by atoms with Crippen LogP contribution < -0.4 is 10.5 Å². The van der Waals surface area contributed by atoms with Crippen molar-refractivity contribution >= 4 is 0 Å². The highest BCUT2D eigenvalue weighted by Crippen LogP contribution is 2.31. The van der Waals surface area contributed by atoms with Gasteiger partial charge in [-0.3, -0.25) is 0 Å².